The second-order valence-electron chi connectivity index (χ2n) is 7.41. The van der Waals surface area contributed by atoms with Gasteiger partial charge in [0.1, 0.15) is 11.5 Å². The van der Waals surface area contributed by atoms with E-state index in [1.807, 2.05) is 25.1 Å². The molecule has 0 saturated carbocycles. The van der Waals surface area contributed by atoms with Crippen molar-refractivity contribution in [3.63, 3.8) is 0 Å². The maximum atomic E-state index is 5.82. The zero-order valence-electron chi connectivity index (χ0n) is 17.5. The minimum atomic E-state index is -0.0469. The van der Waals surface area contributed by atoms with Gasteiger partial charge in [0, 0.05) is 12.0 Å². The lowest BCUT2D eigenvalue weighted by atomic mass is 9.94. The lowest BCUT2D eigenvalue weighted by molar-refractivity contribution is 0.317. The molecule has 2 rings (SSSR count). The zero-order chi connectivity index (χ0) is 19.7. The summed E-state index contributed by atoms with van der Waals surface area (Å²) in [5.74, 6) is 3.15. The topological polar surface area (TPSA) is 71.7 Å². The lowest BCUT2D eigenvalue weighted by Crippen LogP contribution is -2.36. The van der Waals surface area contributed by atoms with Gasteiger partial charge in [0.25, 0.3) is 0 Å². The van der Waals surface area contributed by atoms with Crippen molar-refractivity contribution >= 4 is 29.9 Å². The molecular weight excluding hydrogens is 467 g/mol. The Kier molecular flexibility index (Phi) is 10.3. The van der Waals surface area contributed by atoms with Crippen LogP contribution in [-0.2, 0) is 18.5 Å². The number of benzene rings is 1. The maximum absolute atomic E-state index is 5.82. The number of halogens is 1. The standard InChI is InChI=1S/C21H32N4O2.HI/c1-6-11-26-17-10-8-9-16(12-17)13-24-20(22-7-2)25-15-19-23-14-18(27-19)21(3,4)5;/h8-10,12,14H,6-7,11,13,15H2,1-5H3,(H2,22,24,25);1H. The first-order valence-corrected chi connectivity index (χ1v) is 9.61. The first-order valence-electron chi connectivity index (χ1n) is 9.61. The quantitative estimate of drug-likeness (QED) is 0.314. The van der Waals surface area contributed by atoms with E-state index >= 15 is 0 Å². The molecule has 6 nitrogen and oxygen atoms in total. The molecule has 156 valence electrons. The van der Waals surface area contributed by atoms with Crippen LogP contribution in [0.15, 0.2) is 39.9 Å². The van der Waals surface area contributed by atoms with Crippen molar-refractivity contribution < 1.29 is 9.15 Å². The van der Waals surface area contributed by atoms with E-state index in [4.69, 9.17) is 9.15 Å². The van der Waals surface area contributed by atoms with Gasteiger partial charge in [-0.2, -0.15) is 0 Å². The number of rotatable bonds is 8. The van der Waals surface area contributed by atoms with E-state index < -0.39 is 0 Å². The molecule has 1 heterocycles. The molecule has 0 bridgehead atoms. The van der Waals surface area contributed by atoms with Crippen LogP contribution >= 0.6 is 24.0 Å². The van der Waals surface area contributed by atoms with E-state index in [1.54, 1.807) is 6.20 Å². The van der Waals surface area contributed by atoms with Crippen LogP contribution in [-0.4, -0.2) is 24.1 Å². The zero-order valence-corrected chi connectivity index (χ0v) is 19.9. The minimum absolute atomic E-state index is 0. The first kappa shape index (κ1) is 24.3. The fourth-order valence-corrected chi connectivity index (χ4v) is 2.36. The van der Waals surface area contributed by atoms with Crippen LogP contribution in [0.1, 0.15) is 58.3 Å². The summed E-state index contributed by atoms with van der Waals surface area (Å²) in [6.07, 6.45) is 2.79. The van der Waals surface area contributed by atoms with Gasteiger partial charge in [-0.15, -0.1) is 24.0 Å². The van der Waals surface area contributed by atoms with E-state index in [9.17, 15) is 0 Å². The molecule has 0 aliphatic carbocycles. The Morgan fingerprint density at radius 2 is 2.00 bits per heavy atom. The van der Waals surface area contributed by atoms with Crippen LogP contribution in [0.5, 0.6) is 5.75 Å². The average Bonchev–Trinajstić information content (AvgIpc) is 3.12. The number of hydrogen-bond donors (Lipinski definition) is 2. The molecule has 2 N–H and O–H groups in total. The SMILES string of the molecule is CCCOc1cccc(CN=C(NCC)NCc2ncc(C(C)(C)C)o2)c1.I. The second-order valence-corrected chi connectivity index (χ2v) is 7.41. The highest BCUT2D eigenvalue weighted by Crippen LogP contribution is 2.22. The van der Waals surface area contributed by atoms with E-state index in [0.717, 1.165) is 42.6 Å². The number of aromatic nitrogens is 1. The van der Waals surface area contributed by atoms with Crippen LogP contribution in [0, 0.1) is 0 Å². The Balaban J connectivity index is 0.00000392. The van der Waals surface area contributed by atoms with Crippen molar-refractivity contribution in [2.75, 3.05) is 13.2 Å². The van der Waals surface area contributed by atoms with Crippen molar-refractivity contribution in [2.45, 2.75) is 59.5 Å². The molecule has 28 heavy (non-hydrogen) atoms. The fraction of sp³-hybridized carbons (Fsp3) is 0.524. The summed E-state index contributed by atoms with van der Waals surface area (Å²) in [4.78, 5) is 8.99. The molecule has 0 spiro atoms. The number of nitrogens with one attached hydrogen (secondary N) is 2. The molecule has 1 aromatic heterocycles. The van der Waals surface area contributed by atoms with Gasteiger partial charge in [-0.1, -0.05) is 39.8 Å². The van der Waals surface area contributed by atoms with Gasteiger partial charge in [-0.05, 0) is 31.0 Å². The normalized spacial score (nSPS) is 11.7. The molecule has 0 atom stereocenters. The summed E-state index contributed by atoms with van der Waals surface area (Å²) in [6.45, 7) is 13.0. The van der Waals surface area contributed by atoms with E-state index in [-0.39, 0.29) is 29.4 Å². The fourth-order valence-electron chi connectivity index (χ4n) is 2.36. The number of aliphatic imine (C=N–C) groups is 1. The van der Waals surface area contributed by atoms with Crippen molar-refractivity contribution in [1.29, 1.82) is 0 Å². The maximum Gasteiger partial charge on any atom is 0.213 e. The number of nitrogens with zero attached hydrogens (tertiary/aromatic N) is 2. The van der Waals surface area contributed by atoms with Crippen LogP contribution in [0.2, 0.25) is 0 Å². The number of guanidine groups is 1. The summed E-state index contributed by atoms with van der Waals surface area (Å²) >= 11 is 0. The molecule has 0 fully saturated rings. The van der Waals surface area contributed by atoms with Gasteiger partial charge in [-0.25, -0.2) is 9.98 Å². The largest absolute Gasteiger partial charge is 0.494 e. The van der Waals surface area contributed by atoms with E-state index in [2.05, 4.69) is 54.4 Å². The van der Waals surface area contributed by atoms with Crippen molar-refractivity contribution in [3.8, 4) is 5.75 Å². The van der Waals surface area contributed by atoms with E-state index in [0.29, 0.717) is 19.0 Å². The third-order valence-corrected chi connectivity index (χ3v) is 3.84. The first-order chi connectivity index (χ1) is 12.9. The van der Waals surface area contributed by atoms with Crippen LogP contribution in [0.3, 0.4) is 0 Å². The minimum Gasteiger partial charge on any atom is -0.494 e. The summed E-state index contributed by atoms with van der Waals surface area (Å²) in [7, 11) is 0. The predicted octanol–water partition coefficient (Wildman–Crippen LogP) is 4.63. The highest BCUT2D eigenvalue weighted by Gasteiger charge is 2.19. The van der Waals surface area contributed by atoms with Crippen molar-refractivity contribution in [3.05, 3.63) is 47.7 Å². The summed E-state index contributed by atoms with van der Waals surface area (Å²) in [5, 5.41) is 6.52. The highest BCUT2D eigenvalue weighted by molar-refractivity contribution is 14.0. The van der Waals surface area contributed by atoms with Gasteiger partial charge < -0.3 is 19.8 Å². The molecule has 0 aliphatic heterocycles. The number of hydrogen-bond acceptors (Lipinski definition) is 4. The molecule has 0 saturated heterocycles. The Hall–Kier alpha value is -1.77. The smallest absolute Gasteiger partial charge is 0.213 e. The van der Waals surface area contributed by atoms with Crippen molar-refractivity contribution in [2.24, 2.45) is 4.99 Å². The Bertz CT molecular complexity index is 738. The Morgan fingerprint density at radius 3 is 2.64 bits per heavy atom. The monoisotopic (exact) mass is 500 g/mol. The van der Waals surface area contributed by atoms with E-state index in [1.165, 1.54) is 0 Å². The molecular formula is C21H33IN4O2. The van der Waals surface area contributed by atoms with Crippen molar-refractivity contribution in [1.82, 2.24) is 15.6 Å². The molecule has 7 heteroatoms. The Morgan fingerprint density at radius 1 is 1.21 bits per heavy atom. The molecule has 0 aliphatic rings. The summed E-state index contributed by atoms with van der Waals surface area (Å²) < 4.78 is 11.5. The average molecular weight is 500 g/mol. The number of oxazole rings is 1. The third kappa shape index (κ3) is 8.08. The van der Waals surface area contributed by atoms with Gasteiger partial charge in [0.2, 0.25) is 5.89 Å². The molecule has 1 aromatic carbocycles. The number of ether oxygens (including phenoxy) is 1. The highest BCUT2D eigenvalue weighted by atomic mass is 127. The third-order valence-electron chi connectivity index (χ3n) is 3.84. The Labute approximate surface area is 185 Å². The van der Waals surface area contributed by atoms with Gasteiger partial charge >= 0.3 is 0 Å². The predicted molar refractivity (Wildman–Crippen MR) is 125 cm³/mol. The lowest BCUT2D eigenvalue weighted by Gasteiger charge is -2.13. The summed E-state index contributed by atoms with van der Waals surface area (Å²) in [5.41, 5.74) is 1.06. The molecule has 0 unspecified atom stereocenters. The van der Waals surface area contributed by atoms with Gasteiger partial charge in [0.05, 0.1) is 25.9 Å². The molecule has 0 amide bonds. The van der Waals surface area contributed by atoms with Crippen LogP contribution < -0.4 is 15.4 Å². The summed E-state index contributed by atoms with van der Waals surface area (Å²) in [6, 6.07) is 8.06. The van der Waals surface area contributed by atoms with Gasteiger partial charge in [0.15, 0.2) is 5.96 Å². The second kappa shape index (κ2) is 11.9. The van der Waals surface area contributed by atoms with Crippen LogP contribution in [0.25, 0.3) is 0 Å². The van der Waals surface area contributed by atoms with Gasteiger partial charge in [-0.3, -0.25) is 0 Å². The molecule has 0 radical (unpaired) electrons. The molecule has 2 aromatic rings. The van der Waals surface area contributed by atoms with Crippen LogP contribution in [0.4, 0.5) is 0 Å².